The Morgan fingerprint density at radius 3 is 1.24 bits per heavy atom. The molecule has 0 fully saturated rings. The van der Waals surface area contributed by atoms with Crippen molar-refractivity contribution in [2.45, 2.75) is 0 Å². The predicted octanol–water partition coefficient (Wildman–Crippen LogP) is 13.0. The Hall–Kier alpha value is -5.98. The number of rotatable bonds is 4. The van der Waals surface area contributed by atoms with Gasteiger partial charge in [0.25, 0.3) is 0 Å². The van der Waals surface area contributed by atoms with Crippen LogP contribution in [0.15, 0.2) is 182 Å². The van der Waals surface area contributed by atoms with Gasteiger partial charge in [-0.3, -0.25) is 0 Å². The number of benzene rings is 9. The SMILES string of the molecule is c1ccc(-c2cc3cc(-c4ccc5ccccc5c4)ccc3c3ccc(-c4ccc(-c5ccc6ccccc6c5)cc4)cc23)cc1. The summed E-state index contributed by atoms with van der Waals surface area (Å²) in [5, 5.41) is 10.1. The summed E-state index contributed by atoms with van der Waals surface area (Å²) in [6.45, 7) is 0. The van der Waals surface area contributed by atoms with Crippen molar-refractivity contribution >= 4 is 43.1 Å². The third-order valence-electron chi connectivity index (χ3n) is 9.42. The Kier molecular flexibility index (Phi) is 6.25. The van der Waals surface area contributed by atoms with Crippen LogP contribution in [0.1, 0.15) is 0 Å². The highest BCUT2D eigenvalue weighted by atomic mass is 14.2. The van der Waals surface area contributed by atoms with Gasteiger partial charge in [0.05, 0.1) is 0 Å². The summed E-state index contributed by atoms with van der Waals surface area (Å²) in [5.74, 6) is 0. The van der Waals surface area contributed by atoms with Crippen molar-refractivity contribution in [3.05, 3.63) is 182 Å². The molecule has 0 aliphatic rings. The molecule has 0 spiro atoms. The molecule has 0 nitrogen and oxygen atoms in total. The van der Waals surface area contributed by atoms with Crippen molar-refractivity contribution in [1.82, 2.24) is 0 Å². The molecule has 0 aliphatic carbocycles. The van der Waals surface area contributed by atoms with Gasteiger partial charge in [-0.1, -0.05) is 152 Å². The molecule has 9 rings (SSSR count). The van der Waals surface area contributed by atoms with E-state index < -0.39 is 0 Å². The first kappa shape index (κ1) is 26.4. The van der Waals surface area contributed by atoms with Crippen LogP contribution in [0.3, 0.4) is 0 Å². The lowest BCUT2D eigenvalue weighted by atomic mass is 9.89. The molecule has 0 amide bonds. The van der Waals surface area contributed by atoms with E-state index in [9.17, 15) is 0 Å². The lowest BCUT2D eigenvalue weighted by Crippen LogP contribution is -1.88. The van der Waals surface area contributed by atoms with Crippen LogP contribution in [0, 0.1) is 0 Å². The number of hydrogen-bond acceptors (Lipinski definition) is 0. The number of hydrogen-bond donors (Lipinski definition) is 0. The minimum absolute atomic E-state index is 1.22. The van der Waals surface area contributed by atoms with Crippen LogP contribution in [-0.2, 0) is 0 Å². The maximum atomic E-state index is 2.38. The molecule has 0 saturated carbocycles. The average molecular weight is 583 g/mol. The van der Waals surface area contributed by atoms with Crippen molar-refractivity contribution in [2.24, 2.45) is 0 Å². The lowest BCUT2D eigenvalue weighted by Gasteiger charge is -2.14. The van der Waals surface area contributed by atoms with E-state index in [1.54, 1.807) is 0 Å². The fourth-order valence-corrected chi connectivity index (χ4v) is 6.97. The molecule has 0 bridgehead atoms. The average Bonchev–Trinajstić information content (AvgIpc) is 3.14. The normalized spacial score (nSPS) is 11.5. The Labute approximate surface area is 268 Å². The summed E-state index contributed by atoms with van der Waals surface area (Å²) in [5.41, 5.74) is 9.88. The molecule has 9 aromatic rings. The highest BCUT2D eigenvalue weighted by molar-refractivity contribution is 6.15. The molecule has 0 aromatic heterocycles. The van der Waals surface area contributed by atoms with Gasteiger partial charge in [-0.15, -0.1) is 0 Å². The van der Waals surface area contributed by atoms with Crippen molar-refractivity contribution in [3.63, 3.8) is 0 Å². The molecule has 0 aliphatic heterocycles. The topological polar surface area (TPSA) is 0 Å². The van der Waals surface area contributed by atoms with Crippen LogP contribution in [0.5, 0.6) is 0 Å². The second kappa shape index (κ2) is 10.9. The van der Waals surface area contributed by atoms with Crippen molar-refractivity contribution in [2.75, 3.05) is 0 Å². The lowest BCUT2D eigenvalue weighted by molar-refractivity contribution is 1.61. The van der Waals surface area contributed by atoms with Gasteiger partial charge in [-0.05, 0) is 118 Å². The first-order chi connectivity index (χ1) is 22.8. The smallest absolute Gasteiger partial charge is 0.00928 e. The molecule has 0 heteroatoms. The van der Waals surface area contributed by atoms with Crippen molar-refractivity contribution in [1.29, 1.82) is 0 Å². The van der Waals surface area contributed by atoms with Gasteiger partial charge in [0, 0.05) is 0 Å². The van der Waals surface area contributed by atoms with Gasteiger partial charge < -0.3 is 0 Å². The van der Waals surface area contributed by atoms with E-state index in [0.29, 0.717) is 0 Å². The summed E-state index contributed by atoms with van der Waals surface area (Å²) in [7, 11) is 0. The molecule has 0 N–H and O–H groups in total. The van der Waals surface area contributed by atoms with E-state index in [1.807, 2.05) is 0 Å². The highest BCUT2D eigenvalue weighted by Gasteiger charge is 2.12. The first-order valence-electron chi connectivity index (χ1n) is 15.9. The van der Waals surface area contributed by atoms with Crippen molar-refractivity contribution < 1.29 is 0 Å². The minimum Gasteiger partial charge on any atom is -0.0622 e. The van der Waals surface area contributed by atoms with Gasteiger partial charge >= 0.3 is 0 Å². The maximum absolute atomic E-state index is 2.38. The molecule has 9 aromatic carbocycles. The fourth-order valence-electron chi connectivity index (χ4n) is 6.97. The minimum atomic E-state index is 1.22. The Bertz CT molecular complexity index is 2560. The zero-order valence-corrected chi connectivity index (χ0v) is 25.3. The summed E-state index contributed by atoms with van der Waals surface area (Å²) < 4.78 is 0. The van der Waals surface area contributed by atoms with Gasteiger partial charge in [0.15, 0.2) is 0 Å². The molecule has 0 radical (unpaired) electrons. The zero-order valence-electron chi connectivity index (χ0n) is 25.3. The van der Waals surface area contributed by atoms with Gasteiger partial charge in [0.2, 0.25) is 0 Å². The van der Waals surface area contributed by atoms with Crippen LogP contribution in [0.25, 0.3) is 87.6 Å². The van der Waals surface area contributed by atoms with E-state index in [2.05, 4.69) is 182 Å². The van der Waals surface area contributed by atoms with Crippen LogP contribution in [0.2, 0.25) is 0 Å². The summed E-state index contributed by atoms with van der Waals surface area (Å²) >= 11 is 0. The fraction of sp³-hybridized carbons (Fsp3) is 0. The molecule has 0 saturated heterocycles. The maximum Gasteiger partial charge on any atom is -0.00928 e. The van der Waals surface area contributed by atoms with E-state index >= 15 is 0 Å². The van der Waals surface area contributed by atoms with Crippen LogP contribution in [-0.4, -0.2) is 0 Å². The van der Waals surface area contributed by atoms with Crippen LogP contribution >= 0.6 is 0 Å². The van der Waals surface area contributed by atoms with E-state index in [0.717, 1.165) is 0 Å². The van der Waals surface area contributed by atoms with Gasteiger partial charge in [-0.25, -0.2) is 0 Å². The molecular formula is C46H30. The third kappa shape index (κ3) is 4.64. The van der Waals surface area contributed by atoms with Gasteiger partial charge in [-0.2, -0.15) is 0 Å². The highest BCUT2D eigenvalue weighted by Crippen LogP contribution is 2.39. The van der Waals surface area contributed by atoms with E-state index in [1.165, 1.54) is 87.6 Å². The largest absolute Gasteiger partial charge is 0.0622 e. The molecule has 0 heterocycles. The molecule has 214 valence electrons. The van der Waals surface area contributed by atoms with Crippen LogP contribution < -0.4 is 0 Å². The van der Waals surface area contributed by atoms with Gasteiger partial charge in [0.1, 0.15) is 0 Å². The van der Waals surface area contributed by atoms with Crippen molar-refractivity contribution in [3.8, 4) is 44.5 Å². The summed E-state index contributed by atoms with van der Waals surface area (Å²) in [6, 6.07) is 66.6. The third-order valence-corrected chi connectivity index (χ3v) is 9.42. The Balaban J connectivity index is 1.15. The molecule has 0 atom stereocenters. The summed E-state index contributed by atoms with van der Waals surface area (Å²) in [6.07, 6.45) is 0. The standard InChI is InChI=1S/C46H30/c1-2-10-35(11-3-1)45-30-42-28-40(39-21-19-32-9-5-7-13-37(32)27-39)22-24-43(42)44-25-23-41(29-46(44)45)34-16-14-33(15-17-34)38-20-18-31-8-4-6-12-36(31)26-38/h1-30H. The summed E-state index contributed by atoms with van der Waals surface area (Å²) in [4.78, 5) is 0. The first-order valence-corrected chi connectivity index (χ1v) is 15.9. The Morgan fingerprint density at radius 2 is 0.630 bits per heavy atom. The number of fused-ring (bicyclic) bond motifs is 5. The second-order valence-electron chi connectivity index (χ2n) is 12.2. The molecule has 46 heavy (non-hydrogen) atoms. The zero-order chi connectivity index (χ0) is 30.5. The molecule has 0 unspecified atom stereocenters. The Morgan fingerprint density at radius 1 is 0.196 bits per heavy atom. The second-order valence-corrected chi connectivity index (χ2v) is 12.2. The predicted molar refractivity (Wildman–Crippen MR) is 198 cm³/mol. The van der Waals surface area contributed by atoms with Crippen LogP contribution in [0.4, 0.5) is 0 Å². The quantitative estimate of drug-likeness (QED) is 0.181. The van der Waals surface area contributed by atoms with E-state index in [-0.39, 0.29) is 0 Å². The monoisotopic (exact) mass is 582 g/mol. The van der Waals surface area contributed by atoms with E-state index in [4.69, 9.17) is 0 Å². The molecular weight excluding hydrogens is 553 g/mol.